The molecule has 5 rings (SSSR count). The van der Waals surface area contributed by atoms with Crippen molar-refractivity contribution in [2.24, 2.45) is 0 Å². The highest BCUT2D eigenvalue weighted by molar-refractivity contribution is 5.84. The third-order valence-electron chi connectivity index (χ3n) is 6.80. The summed E-state index contributed by atoms with van der Waals surface area (Å²) in [6, 6.07) is 17.5. The Morgan fingerprint density at radius 1 is 1.00 bits per heavy atom. The van der Waals surface area contributed by atoms with Crippen LogP contribution in [0.2, 0.25) is 0 Å². The second-order valence-corrected chi connectivity index (χ2v) is 8.99. The van der Waals surface area contributed by atoms with Crippen molar-refractivity contribution in [3.8, 4) is 17.4 Å². The Morgan fingerprint density at radius 2 is 1.72 bits per heavy atom. The topological polar surface area (TPSA) is 77.0 Å². The lowest BCUT2D eigenvalue weighted by atomic mass is 9.94. The molecular weight excluding hydrogens is 456 g/mol. The van der Waals surface area contributed by atoms with Gasteiger partial charge in [0.1, 0.15) is 0 Å². The normalized spacial score (nSPS) is 16.3. The van der Waals surface area contributed by atoms with Gasteiger partial charge in [-0.25, -0.2) is 4.98 Å². The lowest BCUT2D eigenvalue weighted by Gasteiger charge is -2.33. The number of anilines is 1. The maximum atomic E-state index is 13.6. The monoisotopic (exact) mass is 488 g/mol. The van der Waals surface area contributed by atoms with E-state index in [1.54, 1.807) is 7.11 Å². The van der Waals surface area contributed by atoms with Crippen LogP contribution >= 0.6 is 0 Å². The van der Waals surface area contributed by atoms with Crippen molar-refractivity contribution in [3.63, 3.8) is 0 Å². The van der Waals surface area contributed by atoms with Crippen molar-refractivity contribution in [2.75, 3.05) is 44.9 Å². The van der Waals surface area contributed by atoms with Crippen molar-refractivity contribution >= 4 is 11.9 Å². The van der Waals surface area contributed by atoms with Crippen molar-refractivity contribution < 1.29 is 19.0 Å². The minimum absolute atomic E-state index is 0.120. The Bertz CT molecular complexity index is 1200. The number of para-hydroxylation sites is 2. The van der Waals surface area contributed by atoms with Crippen LogP contribution in [-0.4, -0.2) is 60.7 Å². The van der Waals surface area contributed by atoms with E-state index < -0.39 is 0 Å². The lowest BCUT2D eigenvalue weighted by Crippen LogP contribution is -2.41. The highest BCUT2D eigenvalue weighted by atomic mass is 16.5. The van der Waals surface area contributed by atoms with Crippen molar-refractivity contribution in [3.05, 3.63) is 71.4 Å². The lowest BCUT2D eigenvalue weighted by molar-refractivity contribution is -0.133. The molecule has 2 aliphatic rings. The number of fused-ring (bicyclic) bond motifs is 1. The fourth-order valence-corrected chi connectivity index (χ4v) is 4.81. The average molecular weight is 489 g/mol. The van der Waals surface area contributed by atoms with Crippen molar-refractivity contribution in [1.29, 1.82) is 0 Å². The molecule has 8 nitrogen and oxygen atoms in total. The zero-order valence-electron chi connectivity index (χ0n) is 20.9. The fourth-order valence-electron chi connectivity index (χ4n) is 4.81. The first kappa shape index (κ1) is 24.1. The SMILES string of the molecule is CCC(C(=O)N1CCc2nc(N3CCOCC3)nc(Oc3ccccc3OC)c2C1)c1ccccc1. The molecule has 188 valence electrons. The third-order valence-corrected chi connectivity index (χ3v) is 6.80. The maximum absolute atomic E-state index is 13.6. The van der Waals surface area contributed by atoms with E-state index in [-0.39, 0.29) is 11.8 Å². The van der Waals surface area contributed by atoms with Gasteiger partial charge in [0.15, 0.2) is 11.5 Å². The summed E-state index contributed by atoms with van der Waals surface area (Å²) in [7, 11) is 1.62. The molecule has 3 aromatic rings. The number of benzene rings is 2. The summed E-state index contributed by atoms with van der Waals surface area (Å²) >= 11 is 0. The Balaban J connectivity index is 1.48. The van der Waals surface area contributed by atoms with E-state index in [0.29, 0.717) is 56.1 Å². The van der Waals surface area contributed by atoms with E-state index >= 15 is 0 Å². The molecule has 8 heteroatoms. The molecule has 3 heterocycles. The van der Waals surface area contributed by atoms with Crippen LogP contribution < -0.4 is 14.4 Å². The fraction of sp³-hybridized carbons (Fsp3) is 0.393. The molecule has 36 heavy (non-hydrogen) atoms. The Kier molecular flexibility index (Phi) is 7.32. The van der Waals surface area contributed by atoms with E-state index in [1.807, 2.05) is 59.5 Å². The minimum atomic E-state index is -0.181. The van der Waals surface area contributed by atoms with Crippen molar-refractivity contribution in [2.45, 2.75) is 32.2 Å². The van der Waals surface area contributed by atoms with Gasteiger partial charge in [-0.1, -0.05) is 49.4 Å². The van der Waals surface area contributed by atoms with E-state index in [4.69, 9.17) is 24.2 Å². The van der Waals surface area contributed by atoms with Gasteiger partial charge in [-0.05, 0) is 24.1 Å². The van der Waals surface area contributed by atoms with E-state index in [0.717, 1.165) is 36.3 Å². The summed E-state index contributed by atoms with van der Waals surface area (Å²) < 4.78 is 17.4. The number of hydrogen-bond donors (Lipinski definition) is 0. The van der Waals surface area contributed by atoms with Gasteiger partial charge in [-0.3, -0.25) is 4.79 Å². The smallest absolute Gasteiger partial charge is 0.230 e. The van der Waals surface area contributed by atoms with Crippen LogP contribution in [0.25, 0.3) is 0 Å². The maximum Gasteiger partial charge on any atom is 0.230 e. The van der Waals surface area contributed by atoms with Crippen LogP contribution in [0, 0.1) is 0 Å². The number of aromatic nitrogens is 2. The van der Waals surface area contributed by atoms with Crippen molar-refractivity contribution in [1.82, 2.24) is 14.9 Å². The number of ether oxygens (including phenoxy) is 3. The number of carbonyl (C=O) groups excluding carboxylic acids is 1. The van der Waals surface area contributed by atoms with Crippen LogP contribution in [-0.2, 0) is 22.5 Å². The average Bonchev–Trinajstić information content (AvgIpc) is 2.94. The Hall–Kier alpha value is -3.65. The second kappa shape index (κ2) is 11.0. The molecule has 0 aliphatic carbocycles. The summed E-state index contributed by atoms with van der Waals surface area (Å²) in [5.74, 6) is 2.24. The zero-order chi connectivity index (χ0) is 24.9. The summed E-state index contributed by atoms with van der Waals surface area (Å²) in [6.45, 7) is 5.82. The highest BCUT2D eigenvalue weighted by Gasteiger charge is 2.31. The zero-order valence-corrected chi connectivity index (χ0v) is 20.9. The Morgan fingerprint density at radius 3 is 2.44 bits per heavy atom. The summed E-state index contributed by atoms with van der Waals surface area (Å²) in [5.41, 5.74) is 2.81. The number of rotatable bonds is 7. The molecule has 2 aliphatic heterocycles. The van der Waals surface area contributed by atoms with Gasteiger partial charge in [0.25, 0.3) is 0 Å². The highest BCUT2D eigenvalue weighted by Crippen LogP contribution is 2.36. The molecular formula is C28H32N4O4. The molecule has 1 atom stereocenters. The van der Waals surface area contributed by atoms with Gasteiger partial charge in [0.05, 0.1) is 44.0 Å². The molecule has 1 saturated heterocycles. The van der Waals surface area contributed by atoms with Gasteiger partial charge in [-0.15, -0.1) is 0 Å². The minimum Gasteiger partial charge on any atom is -0.493 e. The predicted octanol–water partition coefficient (Wildman–Crippen LogP) is 4.19. The van der Waals surface area contributed by atoms with Crippen LogP contribution in [0.5, 0.6) is 17.4 Å². The van der Waals surface area contributed by atoms with Crippen LogP contribution in [0.1, 0.15) is 36.1 Å². The van der Waals surface area contributed by atoms with E-state index in [9.17, 15) is 4.79 Å². The molecule has 2 aromatic carbocycles. The van der Waals surface area contributed by atoms with Gasteiger partial charge in [-0.2, -0.15) is 4.98 Å². The molecule has 1 aromatic heterocycles. The molecule has 1 fully saturated rings. The molecule has 1 amide bonds. The number of hydrogen-bond acceptors (Lipinski definition) is 7. The summed E-state index contributed by atoms with van der Waals surface area (Å²) in [6.07, 6.45) is 1.39. The van der Waals surface area contributed by atoms with E-state index in [2.05, 4.69) is 11.8 Å². The number of amides is 1. The van der Waals surface area contributed by atoms with Gasteiger partial charge in [0, 0.05) is 26.1 Å². The van der Waals surface area contributed by atoms with Crippen LogP contribution in [0.15, 0.2) is 54.6 Å². The second-order valence-electron chi connectivity index (χ2n) is 8.99. The van der Waals surface area contributed by atoms with Gasteiger partial charge < -0.3 is 24.0 Å². The quantitative estimate of drug-likeness (QED) is 0.493. The van der Waals surface area contributed by atoms with Crippen LogP contribution in [0.3, 0.4) is 0 Å². The molecule has 0 N–H and O–H groups in total. The number of methoxy groups -OCH3 is 1. The predicted molar refractivity (Wildman–Crippen MR) is 137 cm³/mol. The van der Waals surface area contributed by atoms with E-state index in [1.165, 1.54) is 0 Å². The molecule has 0 radical (unpaired) electrons. The first-order valence-corrected chi connectivity index (χ1v) is 12.5. The number of carbonyl (C=O) groups is 1. The first-order chi connectivity index (χ1) is 17.7. The summed E-state index contributed by atoms with van der Waals surface area (Å²) in [4.78, 5) is 27.4. The first-order valence-electron chi connectivity index (χ1n) is 12.5. The molecule has 0 spiro atoms. The third kappa shape index (κ3) is 4.99. The standard InChI is InChI=1S/C28H32N4O4/c1-3-21(20-9-5-4-6-10-20)27(33)32-14-13-23-22(19-32)26(36-25-12-8-7-11-24(25)34-2)30-28(29-23)31-15-17-35-18-16-31/h4-12,21H,3,13-19H2,1-2H3. The summed E-state index contributed by atoms with van der Waals surface area (Å²) in [5, 5.41) is 0. The molecule has 0 saturated carbocycles. The largest absolute Gasteiger partial charge is 0.493 e. The number of nitrogens with zero attached hydrogens (tertiary/aromatic N) is 4. The van der Waals surface area contributed by atoms with Crippen LogP contribution in [0.4, 0.5) is 5.95 Å². The Labute approximate surface area is 211 Å². The molecule has 0 bridgehead atoms. The van der Waals surface area contributed by atoms with Gasteiger partial charge >= 0.3 is 0 Å². The number of morpholine rings is 1. The molecule has 1 unspecified atom stereocenters. The van der Waals surface area contributed by atoms with Gasteiger partial charge in [0.2, 0.25) is 17.7 Å².